The number of carbonyl (C=O) groups is 1. The highest BCUT2D eigenvalue weighted by atomic mass is 32.2. The molecule has 1 aliphatic heterocycles. The number of sulfonamides is 1. The maximum absolute atomic E-state index is 12.6. The van der Waals surface area contributed by atoms with Crippen LogP contribution in [-0.4, -0.2) is 37.9 Å². The Labute approximate surface area is 145 Å². The van der Waals surface area contributed by atoms with Crippen LogP contribution in [0.5, 0.6) is 0 Å². The number of nitrogens with zero attached hydrogens (tertiary/aromatic N) is 1. The predicted molar refractivity (Wildman–Crippen MR) is 95.4 cm³/mol. The minimum Gasteiger partial charge on any atom is -0.338 e. The number of carbonyl (C=O) groups excluding carboxylic acids is 1. The van der Waals surface area contributed by atoms with Crippen LogP contribution in [0.3, 0.4) is 0 Å². The van der Waals surface area contributed by atoms with E-state index in [1.807, 2.05) is 4.90 Å². The normalized spacial score (nSPS) is 19.3. The van der Waals surface area contributed by atoms with E-state index in [0.29, 0.717) is 11.5 Å². The second kappa shape index (κ2) is 7.23. The fourth-order valence-corrected chi connectivity index (χ4v) is 4.42. The Morgan fingerprint density at radius 2 is 1.88 bits per heavy atom. The molecular weight excluding hydrogens is 324 g/mol. The highest BCUT2D eigenvalue weighted by Crippen LogP contribution is 2.21. The fraction of sp³-hybridized carbons (Fsp3) is 0.611. The van der Waals surface area contributed by atoms with Gasteiger partial charge in [-0.2, -0.15) is 0 Å². The van der Waals surface area contributed by atoms with Gasteiger partial charge in [0.05, 0.1) is 4.90 Å². The molecule has 2 rings (SSSR count). The van der Waals surface area contributed by atoms with Crippen LogP contribution in [0.4, 0.5) is 0 Å². The molecule has 1 N–H and O–H groups in total. The van der Waals surface area contributed by atoms with Crippen molar-refractivity contribution in [3.05, 3.63) is 29.8 Å². The molecule has 1 heterocycles. The topological polar surface area (TPSA) is 66.5 Å². The summed E-state index contributed by atoms with van der Waals surface area (Å²) in [5, 5.41) is 0. The summed E-state index contributed by atoms with van der Waals surface area (Å²) in [6, 6.07) is 6.22. The summed E-state index contributed by atoms with van der Waals surface area (Å²) in [6.45, 7) is 9.11. The van der Waals surface area contributed by atoms with Crippen molar-refractivity contribution in [2.45, 2.75) is 57.4 Å². The summed E-state index contributed by atoms with van der Waals surface area (Å²) >= 11 is 0. The highest BCUT2D eigenvalue weighted by molar-refractivity contribution is 7.89. The summed E-state index contributed by atoms with van der Waals surface area (Å²) in [6.07, 6.45) is 3.29. The smallest absolute Gasteiger partial charge is 0.253 e. The van der Waals surface area contributed by atoms with Gasteiger partial charge in [-0.1, -0.05) is 13.3 Å². The molecule has 24 heavy (non-hydrogen) atoms. The molecule has 1 fully saturated rings. The monoisotopic (exact) mass is 352 g/mol. The van der Waals surface area contributed by atoms with E-state index in [4.69, 9.17) is 0 Å². The first kappa shape index (κ1) is 18.9. The quantitative estimate of drug-likeness (QED) is 0.906. The second-order valence-corrected chi connectivity index (χ2v) is 9.23. The van der Waals surface area contributed by atoms with Crippen LogP contribution in [0.2, 0.25) is 0 Å². The molecule has 5 nitrogen and oxygen atoms in total. The van der Waals surface area contributed by atoms with Crippen LogP contribution in [0, 0.1) is 5.92 Å². The molecule has 134 valence electrons. The number of likely N-dealkylation sites (tertiary alicyclic amines) is 1. The Kier molecular flexibility index (Phi) is 5.71. The van der Waals surface area contributed by atoms with Crippen LogP contribution in [-0.2, 0) is 10.0 Å². The third-order valence-electron chi connectivity index (χ3n) is 4.24. The van der Waals surface area contributed by atoms with Gasteiger partial charge in [-0.3, -0.25) is 4.79 Å². The zero-order valence-corrected chi connectivity index (χ0v) is 15.8. The van der Waals surface area contributed by atoms with Gasteiger partial charge >= 0.3 is 0 Å². The van der Waals surface area contributed by atoms with Crippen molar-refractivity contribution in [2.75, 3.05) is 13.1 Å². The SMILES string of the molecule is CCC1CCCN(C(=O)c2ccc(S(=O)(=O)NC(C)(C)C)cc2)C1. The first-order valence-corrected chi connectivity index (χ1v) is 10.0. The minimum absolute atomic E-state index is 0.0131. The van der Waals surface area contributed by atoms with Gasteiger partial charge in [0.2, 0.25) is 10.0 Å². The Hall–Kier alpha value is -1.40. The van der Waals surface area contributed by atoms with Crippen LogP contribution in [0.15, 0.2) is 29.2 Å². The molecular formula is C18H28N2O3S. The Bertz CT molecular complexity index is 675. The van der Waals surface area contributed by atoms with Crippen LogP contribution < -0.4 is 4.72 Å². The third-order valence-corrected chi connectivity index (χ3v) is 6.01. The summed E-state index contributed by atoms with van der Waals surface area (Å²) in [4.78, 5) is 14.7. The Morgan fingerprint density at radius 1 is 1.25 bits per heavy atom. The molecule has 1 aliphatic rings. The van der Waals surface area contributed by atoms with Crippen molar-refractivity contribution in [3.8, 4) is 0 Å². The number of hydrogen-bond acceptors (Lipinski definition) is 3. The zero-order valence-electron chi connectivity index (χ0n) is 15.0. The van der Waals surface area contributed by atoms with Gasteiger partial charge in [0.1, 0.15) is 0 Å². The lowest BCUT2D eigenvalue weighted by atomic mass is 9.95. The van der Waals surface area contributed by atoms with E-state index in [-0.39, 0.29) is 10.8 Å². The number of amides is 1. The first-order valence-electron chi connectivity index (χ1n) is 8.55. The third kappa shape index (κ3) is 4.80. The summed E-state index contributed by atoms with van der Waals surface area (Å²) in [5.74, 6) is 0.555. The molecule has 1 aromatic carbocycles. The molecule has 1 atom stereocenters. The van der Waals surface area contributed by atoms with E-state index < -0.39 is 15.6 Å². The Morgan fingerprint density at radius 3 is 2.42 bits per heavy atom. The van der Waals surface area contributed by atoms with Gasteiger partial charge in [0.15, 0.2) is 0 Å². The van der Waals surface area contributed by atoms with E-state index in [2.05, 4.69) is 11.6 Å². The maximum Gasteiger partial charge on any atom is 0.253 e. The van der Waals surface area contributed by atoms with Crippen LogP contribution >= 0.6 is 0 Å². The van der Waals surface area contributed by atoms with Crippen molar-refractivity contribution < 1.29 is 13.2 Å². The van der Waals surface area contributed by atoms with E-state index in [1.165, 1.54) is 18.6 Å². The minimum atomic E-state index is -3.57. The lowest BCUT2D eigenvalue weighted by Crippen LogP contribution is -2.40. The predicted octanol–water partition coefficient (Wildman–Crippen LogP) is 3.03. The van der Waals surface area contributed by atoms with Crippen molar-refractivity contribution in [1.82, 2.24) is 9.62 Å². The van der Waals surface area contributed by atoms with Gasteiger partial charge in [-0.25, -0.2) is 13.1 Å². The lowest BCUT2D eigenvalue weighted by Gasteiger charge is -2.32. The summed E-state index contributed by atoms with van der Waals surface area (Å²) in [7, 11) is -3.57. The molecule has 0 aromatic heterocycles. The average Bonchev–Trinajstić information content (AvgIpc) is 2.52. The summed E-state index contributed by atoms with van der Waals surface area (Å²) < 4.78 is 27.2. The van der Waals surface area contributed by atoms with Crippen molar-refractivity contribution >= 4 is 15.9 Å². The summed E-state index contributed by atoms with van der Waals surface area (Å²) in [5.41, 5.74) is -0.00233. The molecule has 0 bridgehead atoms. The van der Waals surface area contributed by atoms with Gasteiger partial charge in [0.25, 0.3) is 5.91 Å². The van der Waals surface area contributed by atoms with Gasteiger partial charge < -0.3 is 4.90 Å². The number of hydrogen-bond donors (Lipinski definition) is 1. The molecule has 6 heteroatoms. The molecule has 0 radical (unpaired) electrons. The first-order chi connectivity index (χ1) is 11.1. The zero-order chi connectivity index (χ0) is 18.0. The van der Waals surface area contributed by atoms with E-state index in [0.717, 1.165) is 25.9 Å². The fourth-order valence-electron chi connectivity index (χ4n) is 3.00. The Balaban J connectivity index is 2.13. The lowest BCUT2D eigenvalue weighted by molar-refractivity contribution is 0.0671. The average molecular weight is 353 g/mol. The molecule has 1 unspecified atom stereocenters. The molecule has 0 saturated carbocycles. The molecule has 0 spiro atoms. The largest absolute Gasteiger partial charge is 0.338 e. The van der Waals surface area contributed by atoms with Gasteiger partial charge in [-0.15, -0.1) is 0 Å². The van der Waals surface area contributed by atoms with Crippen molar-refractivity contribution in [2.24, 2.45) is 5.92 Å². The van der Waals surface area contributed by atoms with Crippen molar-refractivity contribution in [1.29, 1.82) is 0 Å². The van der Waals surface area contributed by atoms with Crippen molar-refractivity contribution in [3.63, 3.8) is 0 Å². The van der Waals surface area contributed by atoms with Gasteiger partial charge in [0, 0.05) is 24.2 Å². The second-order valence-electron chi connectivity index (χ2n) is 7.55. The van der Waals surface area contributed by atoms with E-state index in [9.17, 15) is 13.2 Å². The molecule has 0 aliphatic carbocycles. The standard InChI is InChI=1S/C18H28N2O3S/c1-5-14-7-6-12-20(13-14)17(21)15-8-10-16(11-9-15)24(22,23)19-18(2,3)4/h8-11,14,19H,5-7,12-13H2,1-4H3. The van der Waals surface area contributed by atoms with Crippen LogP contribution in [0.25, 0.3) is 0 Å². The van der Waals surface area contributed by atoms with E-state index in [1.54, 1.807) is 32.9 Å². The molecule has 1 amide bonds. The highest BCUT2D eigenvalue weighted by Gasteiger charge is 2.25. The van der Waals surface area contributed by atoms with Crippen LogP contribution in [0.1, 0.15) is 57.3 Å². The number of piperidine rings is 1. The molecule has 1 saturated heterocycles. The van der Waals surface area contributed by atoms with E-state index >= 15 is 0 Å². The number of benzene rings is 1. The maximum atomic E-state index is 12.6. The molecule has 1 aromatic rings. The van der Waals surface area contributed by atoms with Gasteiger partial charge in [-0.05, 0) is 63.8 Å². The number of rotatable bonds is 4. The number of nitrogens with one attached hydrogen (secondary N) is 1.